The van der Waals surface area contributed by atoms with Crippen LogP contribution in [0, 0.1) is 0 Å². The van der Waals surface area contributed by atoms with Gasteiger partial charge in [-0.2, -0.15) is 0 Å². The molecule has 0 fully saturated rings. The molecular formula is C31H37N3O6S2. The van der Waals surface area contributed by atoms with Crippen molar-refractivity contribution in [2.24, 2.45) is 0 Å². The fourth-order valence-corrected chi connectivity index (χ4v) is 6.20. The number of hydrogen-bond acceptors (Lipinski definition) is 7. The van der Waals surface area contributed by atoms with Gasteiger partial charge in [0.25, 0.3) is 0 Å². The molecule has 4 N–H and O–H groups in total. The summed E-state index contributed by atoms with van der Waals surface area (Å²) in [5.74, 6) is 0. The Morgan fingerprint density at radius 1 is 0.738 bits per heavy atom. The van der Waals surface area contributed by atoms with Gasteiger partial charge in [0.2, 0.25) is 0 Å². The van der Waals surface area contributed by atoms with Crippen LogP contribution in [0.2, 0.25) is 0 Å². The normalized spacial score (nSPS) is 13.3. The maximum absolute atomic E-state index is 12.2. The summed E-state index contributed by atoms with van der Waals surface area (Å²) in [6.45, 7) is 11.6. The van der Waals surface area contributed by atoms with Crippen molar-refractivity contribution in [3.05, 3.63) is 95.6 Å². The molecule has 0 bridgehead atoms. The predicted molar refractivity (Wildman–Crippen MR) is 167 cm³/mol. The second kappa shape index (κ2) is 13.1. The van der Waals surface area contributed by atoms with Crippen molar-refractivity contribution < 1.29 is 30.5 Å². The highest BCUT2D eigenvalue weighted by Crippen LogP contribution is 2.37. The van der Waals surface area contributed by atoms with Gasteiger partial charge >= 0.3 is 0 Å². The Morgan fingerprint density at radius 2 is 1.29 bits per heavy atom. The zero-order chi connectivity index (χ0) is 29.9. The van der Waals surface area contributed by atoms with E-state index in [9.17, 15) is 25.9 Å². The highest BCUT2D eigenvalue weighted by Gasteiger charge is 2.19. The van der Waals surface area contributed by atoms with Crippen LogP contribution < -0.4 is 11.1 Å². The van der Waals surface area contributed by atoms with E-state index in [2.05, 4.69) is 37.2 Å². The topological polar surface area (TPSA) is 157 Å². The molecule has 0 saturated carbocycles. The van der Waals surface area contributed by atoms with E-state index in [0.29, 0.717) is 16.5 Å². The van der Waals surface area contributed by atoms with Gasteiger partial charge in [-0.1, -0.05) is 18.2 Å². The molecule has 0 saturated heterocycles. The summed E-state index contributed by atoms with van der Waals surface area (Å²) in [6.07, 6.45) is 7.88. The van der Waals surface area contributed by atoms with Gasteiger partial charge in [0.1, 0.15) is 33.3 Å². The molecule has 42 heavy (non-hydrogen) atoms. The molecule has 0 spiro atoms. The van der Waals surface area contributed by atoms with Crippen LogP contribution in [0.25, 0.3) is 16.3 Å². The van der Waals surface area contributed by atoms with Crippen molar-refractivity contribution in [2.75, 3.05) is 31.1 Å². The van der Waals surface area contributed by atoms with Crippen LogP contribution >= 0.6 is 0 Å². The zero-order valence-corrected chi connectivity index (χ0v) is 26.1. The predicted octanol–water partition coefficient (Wildman–Crippen LogP) is 5.29. The molecule has 0 aromatic heterocycles. The van der Waals surface area contributed by atoms with Gasteiger partial charge in [-0.05, 0) is 109 Å². The van der Waals surface area contributed by atoms with Crippen LogP contribution in [0.4, 0.5) is 5.69 Å². The van der Waals surface area contributed by atoms with Crippen LogP contribution in [-0.2, 0) is 20.2 Å². The van der Waals surface area contributed by atoms with Crippen molar-refractivity contribution in [3.63, 3.8) is 0 Å². The van der Waals surface area contributed by atoms with Crippen LogP contribution in [0.1, 0.15) is 38.8 Å². The quantitative estimate of drug-likeness (QED) is 0.254. The lowest BCUT2D eigenvalue weighted by Crippen LogP contribution is -2.21. The van der Waals surface area contributed by atoms with E-state index in [1.807, 2.05) is 48.6 Å². The first kappa shape index (κ1) is 32.9. The number of hydrogen-bond donors (Lipinski definition) is 1. The number of allylic oxidation sites excluding steroid dienone is 5. The minimum absolute atomic E-state index is 0. The summed E-state index contributed by atoms with van der Waals surface area (Å²) in [5, 5.41) is 0.659. The van der Waals surface area contributed by atoms with Gasteiger partial charge < -0.3 is 20.2 Å². The van der Waals surface area contributed by atoms with Crippen molar-refractivity contribution in [3.8, 4) is 0 Å². The van der Waals surface area contributed by atoms with Crippen molar-refractivity contribution in [1.29, 1.82) is 0 Å². The van der Waals surface area contributed by atoms with Gasteiger partial charge in [-0.3, -0.25) is 0 Å². The van der Waals surface area contributed by atoms with Crippen molar-refractivity contribution in [2.45, 2.75) is 37.5 Å². The van der Waals surface area contributed by atoms with Crippen LogP contribution in [0.5, 0.6) is 0 Å². The SMILES string of the molecule is CCN(CC)c1ccc(C(=C2C=CC(=[N+](CC)CC)C=C2)c2cc(S(=O)(=O)[O-])cc3cc(S(=O)(=O)[O-])ccc23)cc1.[NH4+]. The average Bonchev–Trinajstić information content (AvgIpc) is 2.94. The zero-order valence-electron chi connectivity index (χ0n) is 24.5. The molecule has 0 atom stereocenters. The minimum atomic E-state index is -4.92. The Bertz CT molecular complexity index is 1790. The number of quaternary nitrogens is 1. The number of nitrogens with zero attached hydrogens (tertiary/aromatic N) is 2. The first-order valence-electron chi connectivity index (χ1n) is 13.5. The minimum Gasteiger partial charge on any atom is -0.744 e. The summed E-state index contributed by atoms with van der Waals surface area (Å²) in [6, 6.07) is 14.1. The molecule has 224 valence electrons. The van der Waals surface area contributed by atoms with E-state index in [-0.39, 0.29) is 11.5 Å². The summed E-state index contributed by atoms with van der Waals surface area (Å²) < 4.78 is 74.1. The summed E-state index contributed by atoms with van der Waals surface area (Å²) in [5.41, 5.74) is 4.70. The fourth-order valence-electron chi connectivity index (χ4n) is 5.16. The van der Waals surface area contributed by atoms with E-state index in [4.69, 9.17) is 0 Å². The third-order valence-corrected chi connectivity index (χ3v) is 8.96. The van der Waals surface area contributed by atoms with E-state index >= 15 is 0 Å². The van der Waals surface area contributed by atoms with Crippen LogP contribution in [0.3, 0.4) is 0 Å². The molecule has 11 heteroatoms. The highest BCUT2D eigenvalue weighted by atomic mass is 32.2. The molecule has 1 aliphatic rings. The van der Waals surface area contributed by atoms with Gasteiger partial charge in [0.05, 0.1) is 9.79 Å². The fraction of sp³-hybridized carbons (Fsp3) is 0.258. The summed E-state index contributed by atoms with van der Waals surface area (Å²) in [7, 11) is -9.73. The largest absolute Gasteiger partial charge is 0.744 e. The number of anilines is 1. The molecule has 1 aliphatic carbocycles. The maximum Gasteiger partial charge on any atom is 0.199 e. The van der Waals surface area contributed by atoms with Gasteiger partial charge in [0.15, 0.2) is 5.71 Å². The Hall–Kier alpha value is -3.61. The molecule has 0 amide bonds. The first-order chi connectivity index (χ1) is 19.4. The molecule has 3 aromatic rings. The van der Waals surface area contributed by atoms with Crippen LogP contribution in [-0.4, -0.2) is 62.4 Å². The highest BCUT2D eigenvalue weighted by molar-refractivity contribution is 7.86. The summed E-state index contributed by atoms with van der Waals surface area (Å²) in [4.78, 5) is 1.18. The third kappa shape index (κ3) is 6.88. The van der Waals surface area contributed by atoms with E-state index in [1.54, 1.807) is 0 Å². The van der Waals surface area contributed by atoms with E-state index in [1.165, 1.54) is 18.2 Å². The summed E-state index contributed by atoms with van der Waals surface area (Å²) >= 11 is 0. The molecule has 0 radical (unpaired) electrons. The number of rotatable bonds is 9. The monoisotopic (exact) mass is 611 g/mol. The van der Waals surface area contributed by atoms with E-state index < -0.39 is 30.0 Å². The standard InChI is InChI=1S/C31H34N2O6S2.H3N/c1-5-32(6-2)25-13-9-22(10-14-25)31(23-11-15-26(16-12-23)33(7-3)8-4)30-21-28(41(37,38)39)20-24-19-27(40(34,35)36)17-18-29(24)30;/h9-21H,5-8H2,1-4H3,(H-,34,35,36,37,38,39);1H3. The Balaban J connectivity index is 0.00000484. The second-order valence-corrected chi connectivity index (χ2v) is 12.3. The first-order valence-corrected chi connectivity index (χ1v) is 16.3. The van der Waals surface area contributed by atoms with Crippen LogP contribution in [0.15, 0.2) is 94.3 Å². The van der Waals surface area contributed by atoms with Gasteiger partial charge in [-0.15, -0.1) is 0 Å². The van der Waals surface area contributed by atoms with Crippen molar-refractivity contribution in [1.82, 2.24) is 6.15 Å². The number of fused-ring (bicyclic) bond motifs is 1. The lowest BCUT2D eigenvalue weighted by molar-refractivity contribution is -0.519. The van der Waals surface area contributed by atoms with Gasteiger partial charge in [0, 0.05) is 30.9 Å². The molecule has 4 rings (SSSR count). The smallest absolute Gasteiger partial charge is 0.199 e. The molecule has 0 unspecified atom stereocenters. The van der Waals surface area contributed by atoms with E-state index in [0.717, 1.165) is 60.8 Å². The average molecular weight is 612 g/mol. The maximum atomic E-state index is 12.2. The number of benzene rings is 3. The van der Waals surface area contributed by atoms with Gasteiger partial charge in [-0.25, -0.2) is 21.4 Å². The lowest BCUT2D eigenvalue weighted by atomic mass is 9.88. The lowest BCUT2D eigenvalue weighted by Gasteiger charge is -2.22. The molecule has 0 heterocycles. The molecule has 0 aliphatic heterocycles. The van der Waals surface area contributed by atoms with Crippen molar-refractivity contribution >= 4 is 48.0 Å². The molecule has 3 aromatic carbocycles. The molecule has 9 nitrogen and oxygen atoms in total. The third-order valence-electron chi connectivity index (χ3n) is 7.31. The Kier molecular flexibility index (Phi) is 10.3. The Labute approximate surface area is 248 Å². The second-order valence-electron chi connectivity index (χ2n) is 9.58. The Morgan fingerprint density at radius 3 is 1.79 bits per heavy atom. The molecular weight excluding hydrogens is 574 g/mol.